The van der Waals surface area contributed by atoms with Crippen molar-refractivity contribution in [3.63, 3.8) is 0 Å². The summed E-state index contributed by atoms with van der Waals surface area (Å²) in [7, 11) is -1.02. The van der Waals surface area contributed by atoms with Crippen LogP contribution in [0.5, 0.6) is 0 Å². The van der Waals surface area contributed by atoms with Crippen molar-refractivity contribution in [1.82, 2.24) is 5.32 Å². The van der Waals surface area contributed by atoms with Crippen molar-refractivity contribution >= 4 is 16.7 Å². The number of nitrogens with one attached hydrogen (secondary N) is 1. The number of benzene rings is 1. The van der Waals surface area contributed by atoms with Crippen LogP contribution in [0.15, 0.2) is 47.1 Å². The molecule has 112 valence electrons. The number of hydrogen-bond donors (Lipinski definition) is 2. The zero-order valence-corrected chi connectivity index (χ0v) is 12.6. The molecule has 1 heterocycles. The van der Waals surface area contributed by atoms with Gasteiger partial charge in [0, 0.05) is 22.8 Å². The highest BCUT2D eigenvalue weighted by molar-refractivity contribution is 7.84. The van der Waals surface area contributed by atoms with Crippen LogP contribution in [0.1, 0.15) is 27.7 Å². The number of furan rings is 1. The van der Waals surface area contributed by atoms with E-state index in [2.05, 4.69) is 5.32 Å². The highest BCUT2D eigenvalue weighted by atomic mass is 32.2. The lowest BCUT2D eigenvalue weighted by molar-refractivity contribution is 0.0940. The summed E-state index contributed by atoms with van der Waals surface area (Å²) in [6.07, 6.45) is 3.00. The van der Waals surface area contributed by atoms with Crippen LogP contribution in [0, 0.1) is 0 Å². The molecule has 2 atom stereocenters. The van der Waals surface area contributed by atoms with E-state index in [9.17, 15) is 9.00 Å². The van der Waals surface area contributed by atoms with Crippen LogP contribution in [0.2, 0.25) is 0 Å². The Morgan fingerprint density at radius 3 is 2.67 bits per heavy atom. The minimum absolute atomic E-state index is 0.244. The molecule has 0 fully saturated rings. The van der Waals surface area contributed by atoms with Crippen LogP contribution in [-0.4, -0.2) is 22.1 Å². The SMILES string of the molecule is CS(=O)CC(NC(=O)c1coc(CN)c1)c1ccccc1. The highest BCUT2D eigenvalue weighted by Gasteiger charge is 2.18. The Hall–Kier alpha value is -1.92. The summed E-state index contributed by atoms with van der Waals surface area (Å²) in [4.78, 5) is 12.2. The maximum Gasteiger partial charge on any atom is 0.255 e. The second-order valence-electron chi connectivity index (χ2n) is 4.68. The molecule has 2 rings (SSSR count). The van der Waals surface area contributed by atoms with Crippen LogP contribution in [0.25, 0.3) is 0 Å². The van der Waals surface area contributed by atoms with Gasteiger partial charge >= 0.3 is 0 Å². The van der Waals surface area contributed by atoms with Crippen LogP contribution in [0.3, 0.4) is 0 Å². The van der Waals surface area contributed by atoms with Gasteiger partial charge in [-0.1, -0.05) is 30.3 Å². The maximum absolute atomic E-state index is 12.2. The number of carbonyl (C=O) groups excluding carboxylic acids is 1. The predicted molar refractivity (Wildman–Crippen MR) is 82.2 cm³/mol. The second kappa shape index (κ2) is 7.19. The third kappa shape index (κ3) is 4.27. The number of carbonyl (C=O) groups is 1. The summed E-state index contributed by atoms with van der Waals surface area (Å²) in [6, 6.07) is 10.8. The molecule has 21 heavy (non-hydrogen) atoms. The fourth-order valence-electron chi connectivity index (χ4n) is 1.99. The average molecular weight is 306 g/mol. The average Bonchev–Trinajstić information content (AvgIpc) is 2.96. The minimum atomic E-state index is -1.02. The molecule has 3 N–H and O–H groups in total. The van der Waals surface area contributed by atoms with E-state index in [0.717, 1.165) is 5.56 Å². The van der Waals surface area contributed by atoms with Gasteiger partial charge in [-0.2, -0.15) is 0 Å². The van der Waals surface area contributed by atoms with Crippen molar-refractivity contribution in [2.45, 2.75) is 12.6 Å². The number of amides is 1. The first-order valence-corrected chi connectivity index (χ1v) is 8.26. The highest BCUT2D eigenvalue weighted by Crippen LogP contribution is 2.15. The quantitative estimate of drug-likeness (QED) is 0.848. The summed E-state index contributed by atoms with van der Waals surface area (Å²) in [5.74, 6) is 0.644. The van der Waals surface area contributed by atoms with E-state index >= 15 is 0 Å². The molecule has 0 radical (unpaired) electrons. The first-order chi connectivity index (χ1) is 10.1. The molecule has 0 aliphatic rings. The molecule has 6 heteroatoms. The van der Waals surface area contributed by atoms with Gasteiger partial charge in [-0.15, -0.1) is 0 Å². The Morgan fingerprint density at radius 1 is 1.38 bits per heavy atom. The number of nitrogens with two attached hydrogens (primary N) is 1. The summed E-state index contributed by atoms with van der Waals surface area (Å²) in [5.41, 5.74) is 6.79. The van der Waals surface area contributed by atoms with Gasteiger partial charge in [0.05, 0.1) is 18.2 Å². The van der Waals surface area contributed by atoms with Crippen molar-refractivity contribution in [2.75, 3.05) is 12.0 Å². The van der Waals surface area contributed by atoms with E-state index in [1.807, 2.05) is 30.3 Å². The van der Waals surface area contributed by atoms with E-state index in [0.29, 0.717) is 17.1 Å². The van der Waals surface area contributed by atoms with E-state index in [-0.39, 0.29) is 18.5 Å². The number of rotatable bonds is 6. The Bertz CT molecular complexity index is 625. The van der Waals surface area contributed by atoms with E-state index in [1.54, 1.807) is 12.3 Å². The first-order valence-electron chi connectivity index (χ1n) is 6.53. The molecule has 1 aromatic carbocycles. The van der Waals surface area contributed by atoms with Crippen molar-refractivity contribution in [1.29, 1.82) is 0 Å². The van der Waals surface area contributed by atoms with Crippen molar-refractivity contribution in [3.8, 4) is 0 Å². The third-order valence-corrected chi connectivity index (χ3v) is 3.83. The molecule has 0 saturated carbocycles. The maximum atomic E-state index is 12.2. The van der Waals surface area contributed by atoms with Crippen LogP contribution >= 0.6 is 0 Å². The monoisotopic (exact) mass is 306 g/mol. The molecule has 0 saturated heterocycles. The van der Waals surface area contributed by atoms with Gasteiger partial charge < -0.3 is 15.5 Å². The minimum Gasteiger partial charge on any atom is -0.467 e. The third-order valence-electron chi connectivity index (χ3n) is 3.03. The lowest BCUT2D eigenvalue weighted by atomic mass is 10.1. The van der Waals surface area contributed by atoms with E-state index < -0.39 is 10.8 Å². The van der Waals surface area contributed by atoms with Crippen molar-refractivity contribution in [3.05, 3.63) is 59.5 Å². The molecule has 1 amide bonds. The summed E-state index contributed by atoms with van der Waals surface area (Å²) in [5, 5.41) is 2.89. The Balaban J connectivity index is 2.14. The van der Waals surface area contributed by atoms with E-state index in [4.69, 9.17) is 10.2 Å². The topological polar surface area (TPSA) is 85.3 Å². The Kier molecular flexibility index (Phi) is 5.30. The van der Waals surface area contributed by atoms with Gasteiger partial charge in [-0.3, -0.25) is 9.00 Å². The lowest BCUT2D eigenvalue weighted by Gasteiger charge is -2.17. The van der Waals surface area contributed by atoms with Crippen molar-refractivity contribution in [2.24, 2.45) is 5.73 Å². The molecule has 2 unspecified atom stereocenters. The van der Waals surface area contributed by atoms with Gasteiger partial charge in [-0.25, -0.2) is 0 Å². The lowest BCUT2D eigenvalue weighted by Crippen LogP contribution is -2.31. The molecule has 0 bridgehead atoms. The zero-order valence-electron chi connectivity index (χ0n) is 11.7. The molecule has 0 aliphatic carbocycles. The van der Waals surface area contributed by atoms with Crippen LogP contribution in [-0.2, 0) is 17.3 Å². The van der Waals surface area contributed by atoms with Crippen LogP contribution < -0.4 is 11.1 Å². The largest absolute Gasteiger partial charge is 0.467 e. The van der Waals surface area contributed by atoms with Gasteiger partial charge in [0.25, 0.3) is 5.91 Å². The molecule has 0 spiro atoms. The molecule has 5 nitrogen and oxygen atoms in total. The predicted octanol–water partition coefficient (Wildman–Crippen LogP) is 1.59. The molecule has 0 aliphatic heterocycles. The van der Waals surface area contributed by atoms with Gasteiger partial charge in [0.1, 0.15) is 12.0 Å². The van der Waals surface area contributed by atoms with Gasteiger partial charge in [0.2, 0.25) is 0 Å². The molecule has 1 aromatic heterocycles. The summed E-state index contributed by atoms with van der Waals surface area (Å²) in [6.45, 7) is 0.244. The Morgan fingerprint density at radius 2 is 2.10 bits per heavy atom. The first kappa shape index (κ1) is 15.5. The zero-order chi connectivity index (χ0) is 15.2. The smallest absolute Gasteiger partial charge is 0.255 e. The fraction of sp³-hybridized carbons (Fsp3) is 0.267. The number of hydrogen-bond acceptors (Lipinski definition) is 4. The van der Waals surface area contributed by atoms with Gasteiger partial charge in [-0.05, 0) is 11.6 Å². The van der Waals surface area contributed by atoms with Gasteiger partial charge in [0.15, 0.2) is 0 Å². The van der Waals surface area contributed by atoms with E-state index in [1.165, 1.54) is 6.26 Å². The summed E-state index contributed by atoms with van der Waals surface area (Å²) < 4.78 is 16.7. The fourth-order valence-corrected chi connectivity index (χ4v) is 2.73. The summed E-state index contributed by atoms with van der Waals surface area (Å²) >= 11 is 0. The van der Waals surface area contributed by atoms with Crippen LogP contribution in [0.4, 0.5) is 0 Å². The molecule has 2 aromatic rings. The normalized spacial score (nSPS) is 13.6. The second-order valence-corrected chi connectivity index (χ2v) is 6.16. The molecular formula is C15H18N2O3S. The van der Waals surface area contributed by atoms with Crippen molar-refractivity contribution < 1.29 is 13.4 Å². The molecular weight excluding hydrogens is 288 g/mol. The standard InChI is InChI=1S/C15H18N2O3S/c1-21(19)10-14(11-5-3-2-4-6-11)17-15(18)12-7-13(8-16)20-9-12/h2-7,9,14H,8,10,16H2,1H3,(H,17,18). The Labute approximate surface area is 126 Å².